The zero-order chi connectivity index (χ0) is 20.9. The summed E-state index contributed by atoms with van der Waals surface area (Å²) in [4.78, 5) is 17.0. The highest BCUT2D eigenvalue weighted by Crippen LogP contribution is 2.23. The molecule has 29 heavy (non-hydrogen) atoms. The van der Waals surface area contributed by atoms with Crippen LogP contribution in [0, 0.1) is 0 Å². The molecule has 0 saturated carbocycles. The van der Waals surface area contributed by atoms with E-state index < -0.39 is 10.0 Å². The molecule has 0 aliphatic carbocycles. The van der Waals surface area contributed by atoms with Gasteiger partial charge in [-0.1, -0.05) is 55.5 Å². The lowest BCUT2D eigenvalue weighted by atomic mass is 10.1. The number of carbonyl (C=O) groups excluding carboxylic acids is 1. The molecule has 6 nitrogen and oxygen atoms in total. The van der Waals surface area contributed by atoms with Crippen molar-refractivity contribution in [2.24, 2.45) is 0 Å². The lowest BCUT2D eigenvalue weighted by Crippen LogP contribution is -2.51. The summed E-state index contributed by atoms with van der Waals surface area (Å²) < 4.78 is 26.1. The number of hydrogen-bond donors (Lipinski definition) is 0. The van der Waals surface area contributed by atoms with E-state index in [1.54, 1.807) is 17.0 Å². The molecular weight excluding hydrogens is 386 g/mol. The fourth-order valence-electron chi connectivity index (χ4n) is 3.65. The van der Waals surface area contributed by atoms with Crippen molar-refractivity contribution in [2.75, 3.05) is 43.3 Å². The van der Waals surface area contributed by atoms with E-state index >= 15 is 0 Å². The maximum Gasteiger partial charge on any atom is 0.243 e. The SMILES string of the molecule is CCc1ccccc1N(CC(=O)N1CCN(Cc2ccccc2)CC1)S(C)(=O)=O. The third-order valence-electron chi connectivity index (χ3n) is 5.29. The summed E-state index contributed by atoms with van der Waals surface area (Å²) in [6, 6.07) is 17.6. The minimum atomic E-state index is -3.56. The van der Waals surface area contributed by atoms with Gasteiger partial charge in [-0.15, -0.1) is 0 Å². The van der Waals surface area contributed by atoms with Crippen molar-refractivity contribution in [3.05, 3.63) is 65.7 Å². The summed E-state index contributed by atoms with van der Waals surface area (Å²) in [6.45, 7) is 5.47. The molecule has 1 aliphatic rings. The topological polar surface area (TPSA) is 60.9 Å². The van der Waals surface area contributed by atoms with Crippen LogP contribution in [0.4, 0.5) is 5.69 Å². The van der Waals surface area contributed by atoms with E-state index in [1.807, 2.05) is 37.3 Å². The Balaban J connectivity index is 1.64. The Kier molecular flexibility index (Phi) is 6.92. The number of aryl methyl sites for hydroxylation is 1. The lowest BCUT2D eigenvalue weighted by molar-refractivity contribution is -0.131. The Morgan fingerprint density at radius 3 is 2.21 bits per heavy atom. The van der Waals surface area contributed by atoms with E-state index in [0.29, 0.717) is 25.2 Å². The summed E-state index contributed by atoms with van der Waals surface area (Å²) in [5.41, 5.74) is 2.76. The van der Waals surface area contributed by atoms with E-state index in [0.717, 1.165) is 31.5 Å². The van der Waals surface area contributed by atoms with Gasteiger partial charge >= 0.3 is 0 Å². The first-order valence-electron chi connectivity index (χ1n) is 9.98. The van der Waals surface area contributed by atoms with Crippen LogP contribution in [-0.2, 0) is 27.8 Å². The highest BCUT2D eigenvalue weighted by Gasteiger charge is 2.27. The van der Waals surface area contributed by atoms with Gasteiger partial charge in [-0.05, 0) is 23.6 Å². The van der Waals surface area contributed by atoms with E-state index in [2.05, 4.69) is 17.0 Å². The van der Waals surface area contributed by atoms with Gasteiger partial charge < -0.3 is 4.90 Å². The molecule has 0 spiro atoms. The van der Waals surface area contributed by atoms with Crippen LogP contribution in [0.2, 0.25) is 0 Å². The maximum atomic E-state index is 12.9. The second-order valence-electron chi connectivity index (χ2n) is 7.39. The third-order valence-corrected chi connectivity index (χ3v) is 6.42. The average molecular weight is 416 g/mol. The maximum absolute atomic E-state index is 12.9. The molecule has 0 atom stereocenters. The summed E-state index contributed by atoms with van der Waals surface area (Å²) in [6.07, 6.45) is 1.86. The first-order chi connectivity index (χ1) is 13.9. The molecular formula is C22H29N3O3S. The normalized spacial score (nSPS) is 15.3. The quantitative estimate of drug-likeness (QED) is 0.697. The van der Waals surface area contributed by atoms with Crippen LogP contribution < -0.4 is 4.31 Å². The fraction of sp³-hybridized carbons (Fsp3) is 0.409. The number of anilines is 1. The summed E-state index contributed by atoms with van der Waals surface area (Å²) in [5, 5.41) is 0. The van der Waals surface area contributed by atoms with Crippen LogP contribution in [0.1, 0.15) is 18.1 Å². The van der Waals surface area contributed by atoms with Crippen molar-refractivity contribution >= 4 is 21.6 Å². The molecule has 2 aromatic carbocycles. The van der Waals surface area contributed by atoms with Gasteiger partial charge in [0.05, 0.1) is 11.9 Å². The smallest absolute Gasteiger partial charge is 0.243 e. The van der Waals surface area contributed by atoms with Gasteiger partial charge in [0.1, 0.15) is 6.54 Å². The van der Waals surface area contributed by atoms with E-state index in [9.17, 15) is 13.2 Å². The number of amides is 1. The van der Waals surface area contributed by atoms with Gasteiger partial charge in [0, 0.05) is 32.7 Å². The van der Waals surface area contributed by atoms with Crippen LogP contribution in [0.15, 0.2) is 54.6 Å². The van der Waals surface area contributed by atoms with Crippen LogP contribution in [-0.4, -0.2) is 63.1 Å². The Morgan fingerprint density at radius 1 is 0.966 bits per heavy atom. The molecule has 1 amide bonds. The molecule has 0 aromatic heterocycles. The number of carbonyl (C=O) groups is 1. The van der Waals surface area contributed by atoms with E-state index in [1.165, 1.54) is 9.87 Å². The van der Waals surface area contributed by atoms with Crippen LogP contribution in [0.25, 0.3) is 0 Å². The highest BCUT2D eigenvalue weighted by molar-refractivity contribution is 7.92. The van der Waals surface area contributed by atoms with Crippen molar-refractivity contribution in [3.8, 4) is 0 Å². The molecule has 7 heteroatoms. The van der Waals surface area contributed by atoms with Gasteiger partial charge in [-0.25, -0.2) is 8.42 Å². The van der Waals surface area contributed by atoms with Crippen molar-refractivity contribution in [3.63, 3.8) is 0 Å². The number of sulfonamides is 1. The Hall–Kier alpha value is -2.38. The van der Waals surface area contributed by atoms with Gasteiger partial charge in [-0.3, -0.25) is 14.0 Å². The predicted octanol–water partition coefficient (Wildman–Crippen LogP) is 2.36. The predicted molar refractivity (Wildman–Crippen MR) is 116 cm³/mol. The fourth-order valence-corrected chi connectivity index (χ4v) is 4.53. The Labute approximate surface area is 173 Å². The van der Waals surface area contributed by atoms with Gasteiger partial charge in [0.2, 0.25) is 15.9 Å². The molecule has 1 heterocycles. The summed E-state index contributed by atoms with van der Waals surface area (Å²) in [5.74, 6) is -0.152. The number of hydrogen-bond acceptors (Lipinski definition) is 4. The van der Waals surface area contributed by atoms with Gasteiger partial charge in [0.25, 0.3) is 0 Å². The van der Waals surface area contributed by atoms with E-state index in [4.69, 9.17) is 0 Å². The second kappa shape index (κ2) is 9.41. The van der Waals surface area contributed by atoms with Crippen LogP contribution in [0.3, 0.4) is 0 Å². The molecule has 1 fully saturated rings. The number of benzene rings is 2. The number of rotatable bonds is 7. The highest BCUT2D eigenvalue weighted by atomic mass is 32.2. The minimum absolute atomic E-state index is 0.152. The standard InChI is InChI=1S/C22H29N3O3S/c1-3-20-11-7-8-12-21(20)25(29(2,27)28)18-22(26)24-15-13-23(14-16-24)17-19-9-5-4-6-10-19/h4-12H,3,13-18H2,1-2H3. The van der Waals surface area contributed by atoms with Crippen molar-refractivity contribution in [1.29, 1.82) is 0 Å². The van der Waals surface area contributed by atoms with Crippen molar-refractivity contribution in [1.82, 2.24) is 9.80 Å². The monoisotopic (exact) mass is 415 g/mol. The van der Waals surface area contributed by atoms with Gasteiger partial charge in [0.15, 0.2) is 0 Å². The van der Waals surface area contributed by atoms with Crippen LogP contribution in [0.5, 0.6) is 0 Å². The molecule has 0 unspecified atom stereocenters. The molecule has 1 aliphatic heterocycles. The van der Waals surface area contributed by atoms with Gasteiger partial charge in [-0.2, -0.15) is 0 Å². The van der Waals surface area contributed by atoms with Crippen LogP contribution >= 0.6 is 0 Å². The first-order valence-corrected chi connectivity index (χ1v) is 11.8. The molecule has 0 radical (unpaired) electrons. The molecule has 0 bridgehead atoms. The van der Waals surface area contributed by atoms with Crippen molar-refractivity contribution < 1.29 is 13.2 Å². The lowest BCUT2D eigenvalue weighted by Gasteiger charge is -2.36. The Bertz CT molecular complexity index is 923. The molecule has 1 saturated heterocycles. The zero-order valence-corrected chi connectivity index (χ0v) is 17.9. The average Bonchev–Trinajstić information content (AvgIpc) is 2.72. The molecule has 0 N–H and O–H groups in total. The summed E-state index contributed by atoms with van der Waals surface area (Å²) >= 11 is 0. The molecule has 3 rings (SSSR count). The van der Waals surface area contributed by atoms with E-state index in [-0.39, 0.29) is 12.5 Å². The zero-order valence-electron chi connectivity index (χ0n) is 17.1. The number of piperazine rings is 1. The van der Waals surface area contributed by atoms with Crippen molar-refractivity contribution in [2.45, 2.75) is 19.9 Å². The molecule has 156 valence electrons. The third kappa shape index (κ3) is 5.58. The minimum Gasteiger partial charge on any atom is -0.339 e. The number of nitrogens with zero attached hydrogens (tertiary/aromatic N) is 3. The Morgan fingerprint density at radius 2 is 1.59 bits per heavy atom. The molecule has 2 aromatic rings. The first kappa shape index (κ1) is 21.3. The number of para-hydroxylation sites is 1. The largest absolute Gasteiger partial charge is 0.339 e. The second-order valence-corrected chi connectivity index (χ2v) is 9.30. The summed E-state index contributed by atoms with van der Waals surface area (Å²) in [7, 11) is -3.56.